The second-order valence-corrected chi connectivity index (χ2v) is 8.70. The largest absolute Gasteiger partial charge is 0.145 e. The van der Waals surface area contributed by atoms with Crippen LogP contribution >= 0.6 is 22.7 Å². The summed E-state index contributed by atoms with van der Waals surface area (Å²) in [6.07, 6.45) is 2.43. The van der Waals surface area contributed by atoms with Crippen molar-refractivity contribution in [3.63, 3.8) is 0 Å². The summed E-state index contributed by atoms with van der Waals surface area (Å²) in [5.41, 5.74) is 6.00. The minimum Gasteiger partial charge on any atom is -0.145 e. The predicted octanol–water partition coefficient (Wildman–Crippen LogP) is 8.66. The lowest BCUT2D eigenvalue weighted by atomic mass is 10.1. The maximum absolute atomic E-state index is 2.22. The molecule has 0 aliphatic heterocycles. The van der Waals surface area contributed by atoms with Gasteiger partial charge in [-0.05, 0) is 77.1 Å². The quantitative estimate of drug-likeness (QED) is 0.472. The molecule has 24 heavy (non-hydrogen) atoms. The highest BCUT2D eigenvalue weighted by Crippen LogP contribution is 2.26. The molecule has 0 saturated heterocycles. The van der Waals surface area contributed by atoms with E-state index in [2.05, 4.69) is 69.2 Å². The number of hydrogen-bond acceptors (Lipinski definition) is 2. The Balaban J connectivity index is 0. The Morgan fingerprint density at radius 3 is 0.958 bits per heavy atom. The van der Waals surface area contributed by atoms with Gasteiger partial charge in [-0.1, -0.05) is 41.0 Å². The van der Waals surface area contributed by atoms with E-state index in [-0.39, 0.29) is 0 Å². The van der Waals surface area contributed by atoms with Crippen molar-refractivity contribution in [2.24, 2.45) is 0 Å². The lowest BCUT2D eigenvalue weighted by molar-refractivity contribution is 1.09. The fraction of sp³-hybridized carbons (Fsp3) is 0.636. The molecule has 0 aliphatic carbocycles. The Hall–Kier alpha value is -0.600. The molecule has 0 radical (unpaired) electrons. The molecule has 2 aromatic rings. The lowest BCUT2D eigenvalue weighted by Crippen LogP contribution is -1.82. The van der Waals surface area contributed by atoms with Gasteiger partial charge in [-0.15, -0.1) is 22.7 Å². The van der Waals surface area contributed by atoms with Crippen LogP contribution in [0.3, 0.4) is 0 Å². The molecule has 0 spiro atoms. The maximum atomic E-state index is 2.22. The standard InChI is InChI=1S/C9H14S.C8H12S.C3H8.C2H6/c1-5-9-6(2)7(3)10-8(9)4;1-5-6(2)8(4)9-7(5)3;1-3-2;1-2/h5H2,1-4H3;1-4H3;3H2,1-2H3;1-2H3. The number of aryl methyl sites for hydroxylation is 4. The molecule has 0 saturated carbocycles. The third-order valence-electron chi connectivity index (χ3n) is 3.99. The predicted molar refractivity (Wildman–Crippen MR) is 118 cm³/mol. The Morgan fingerprint density at radius 2 is 0.833 bits per heavy atom. The van der Waals surface area contributed by atoms with E-state index >= 15 is 0 Å². The van der Waals surface area contributed by atoms with Gasteiger partial charge >= 0.3 is 0 Å². The van der Waals surface area contributed by atoms with Gasteiger partial charge < -0.3 is 0 Å². The average Bonchev–Trinajstić information content (AvgIpc) is 2.92. The molecule has 2 heteroatoms. The van der Waals surface area contributed by atoms with Crippen molar-refractivity contribution in [2.75, 3.05) is 0 Å². The molecule has 0 nitrogen and oxygen atoms in total. The van der Waals surface area contributed by atoms with Crippen molar-refractivity contribution in [1.82, 2.24) is 0 Å². The Kier molecular flexibility index (Phi) is 14.6. The van der Waals surface area contributed by atoms with Crippen molar-refractivity contribution in [1.29, 1.82) is 0 Å². The van der Waals surface area contributed by atoms with Crippen molar-refractivity contribution in [3.8, 4) is 0 Å². The van der Waals surface area contributed by atoms with E-state index in [1.807, 2.05) is 36.5 Å². The van der Waals surface area contributed by atoms with E-state index in [0.717, 1.165) is 0 Å². The molecule has 0 atom stereocenters. The van der Waals surface area contributed by atoms with Gasteiger partial charge in [0.25, 0.3) is 0 Å². The summed E-state index contributed by atoms with van der Waals surface area (Å²) in [6, 6.07) is 0. The minimum absolute atomic E-state index is 1.18. The Bertz CT molecular complexity index is 549. The van der Waals surface area contributed by atoms with Gasteiger partial charge in [0.1, 0.15) is 0 Å². The van der Waals surface area contributed by atoms with E-state index in [9.17, 15) is 0 Å². The fourth-order valence-corrected chi connectivity index (χ4v) is 4.50. The van der Waals surface area contributed by atoms with Crippen LogP contribution in [0, 0.1) is 48.5 Å². The molecular weight excluding hydrogens is 328 g/mol. The molecule has 2 aromatic heterocycles. The molecule has 2 rings (SSSR count). The summed E-state index contributed by atoms with van der Waals surface area (Å²) in [4.78, 5) is 5.90. The summed E-state index contributed by atoms with van der Waals surface area (Å²) < 4.78 is 0. The van der Waals surface area contributed by atoms with Crippen LogP contribution in [-0.2, 0) is 6.42 Å². The van der Waals surface area contributed by atoms with E-state index in [0.29, 0.717) is 0 Å². The molecule has 140 valence electrons. The summed E-state index contributed by atoms with van der Waals surface area (Å²) in [5.74, 6) is 0. The molecule has 0 aliphatic rings. The van der Waals surface area contributed by atoms with Crippen LogP contribution in [0.25, 0.3) is 0 Å². The first-order valence-electron chi connectivity index (χ1n) is 9.29. The van der Waals surface area contributed by atoms with E-state index < -0.39 is 0 Å². The zero-order valence-electron chi connectivity index (χ0n) is 18.2. The summed E-state index contributed by atoms with van der Waals surface area (Å²) in [7, 11) is 0. The van der Waals surface area contributed by atoms with Gasteiger partial charge in [-0.3, -0.25) is 0 Å². The molecule has 0 aromatic carbocycles. The summed E-state index contributed by atoms with van der Waals surface area (Å²) >= 11 is 3.82. The molecule has 0 N–H and O–H groups in total. The van der Waals surface area contributed by atoms with Gasteiger partial charge in [0.05, 0.1) is 0 Å². The van der Waals surface area contributed by atoms with Gasteiger partial charge in [0.15, 0.2) is 0 Å². The fourth-order valence-electron chi connectivity index (χ4n) is 2.27. The van der Waals surface area contributed by atoms with Crippen LogP contribution in [0.1, 0.15) is 82.8 Å². The summed E-state index contributed by atoms with van der Waals surface area (Å²) in [6.45, 7) is 25.8. The monoisotopic (exact) mass is 368 g/mol. The lowest BCUT2D eigenvalue weighted by Gasteiger charge is -1.95. The van der Waals surface area contributed by atoms with Gasteiger partial charge in [-0.2, -0.15) is 0 Å². The Labute approximate surface area is 160 Å². The van der Waals surface area contributed by atoms with Crippen molar-refractivity contribution < 1.29 is 0 Å². The van der Waals surface area contributed by atoms with Crippen LogP contribution in [0.15, 0.2) is 0 Å². The highest BCUT2D eigenvalue weighted by atomic mass is 32.1. The first kappa shape index (κ1) is 25.6. The zero-order chi connectivity index (χ0) is 19.4. The average molecular weight is 369 g/mol. The van der Waals surface area contributed by atoms with Crippen molar-refractivity contribution in [2.45, 2.75) is 95.9 Å². The van der Waals surface area contributed by atoms with E-state index in [4.69, 9.17) is 0 Å². The molecular formula is C22H40S2. The Morgan fingerprint density at radius 1 is 0.542 bits per heavy atom. The van der Waals surface area contributed by atoms with Crippen molar-refractivity contribution >= 4 is 22.7 Å². The van der Waals surface area contributed by atoms with Crippen LogP contribution in [0.4, 0.5) is 0 Å². The van der Waals surface area contributed by atoms with Crippen LogP contribution < -0.4 is 0 Å². The number of thiophene rings is 2. The normalized spacial score (nSPS) is 9.17. The number of hydrogen-bond donors (Lipinski definition) is 0. The number of rotatable bonds is 1. The van der Waals surface area contributed by atoms with Gasteiger partial charge in [-0.25, -0.2) is 0 Å². The minimum atomic E-state index is 1.18. The second kappa shape index (κ2) is 13.7. The highest BCUT2D eigenvalue weighted by molar-refractivity contribution is 7.12. The maximum Gasteiger partial charge on any atom is 0.00516 e. The van der Waals surface area contributed by atoms with E-state index in [1.54, 1.807) is 5.56 Å². The first-order chi connectivity index (χ1) is 11.2. The van der Waals surface area contributed by atoms with E-state index in [1.165, 1.54) is 49.0 Å². The second-order valence-electron chi connectivity index (χ2n) is 5.84. The molecule has 0 unspecified atom stereocenters. The first-order valence-corrected chi connectivity index (χ1v) is 10.9. The molecule has 0 bridgehead atoms. The third kappa shape index (κ3) is 7.98. The van der Waals surface area contributed by atoms with Crippen LogP contribution in [0.2, 0.25) is 0 Å². The van der Waals surface area contributed by atoms with Crippen LogP contribution in [-0.4, -0.2) is 0 Å². The van der Waals surface area contributed by atoms with Gasteiger partial charge in [0, 0.05) is 19.5 Å². The SMILES string of the molecule is CC.CCC.CCc1c(C)sc(C)c1C.Cc1sc(C)c(C)c1C. The highest BCUT2D eigenvalue weighted by Gasteiger charge is 2.05. The van der Waals surface area contributed by atoms with Crippen molar-refractivity contribution in [3.05, 3.63) is 41.8 Å². The van der Waals surface area contributed by atoms with Crippen LogP contribution in [0.5, 0.6) is 0 Å². The van der Waals surface area contributed by atoms with Gasteiger partial charge in [0.2, 0.25) is 0 Å². The molecule has 0 fully saturated rings. The third-order valence-corrected chi connectivity index (χ3v) is 6.38. The summed E-state index contributed by atoms with van der Waals surface area (Å²) in [5, 5.41) is 0. The smallest absolute Gasteiger partial charge is 0.00516 e. The molecule has 2 heterocycles. The molecule has 0 amide bonds. The zero-order valence-corrected chi connectivity index (χ0v) is 19.9. The topological polar surface area (TPSA) is 0 Å².